The summed E-state index contributed by atoms with van der Waals surface area (Å²) >= 11 is 0. The fourth-order valence-corrected chi connectivity index (χ4v) is 5.38. The van der Waals surface area contributed by atoms with Crippen molar-refractivity contribution in [3.63, 3.8) is 0 Å². The molecule has 0 amide bonds. The molecule has 3 unspecified atom stereocenters. The molecule has 0 aromatic rings. The van der Waals surface area contributed by atoms with E-state index in [1.54, 1.807) is 6.26 Å². The number of allylic oxidation sites excluding steroid dienone is 2. The van der Waals surface area contributed by atoms with Gasteiger partial charge in [0.15, 0.2) is 0 Å². The van der Waals surface area contributed by atoms with Crippen LogP contribution in [0.15, 0.2) is 24.0 Å². The molecule has 0 N–H and O–H groups in total. The lowest BCUT2D eigenvalue weighted by molar-refractivity contribution is -0.123. The Labute approximate surface area is 136 Å². The Morgan fingerprint density at radius 2 is 2.09 bits per heavy atom. The highest BCUT2D eigenvalue weighted by Gasteiger charge is 2.52. The molecule has 2 saturated carbocycles. The van der Waals surface area contributed by atoms with Gasteiger partial charge in [-0.2, -0.15) is 0 Å². The van der Waals surface area contributed by atoms with Crippen LogP contribution in [0.4, 0.5) is 0 Å². The van der Waals surface area contributed by atoms with Crippen molar-refractivity contribution in [2.24, 2.45) is 22.7 Å². The maximum atomic E-state index is 10.3. The number of rotatable bonds is 5. The third-order valence-corrected chi connectivity index (χ3v) is 6.47. The third-order valence-electron chi connectivity index (χ3n) is 6.47. The number of hydrogen-bond donors (Lipinski definition) is 0. The highest BCUT2D eigenvalue weighted by Crippen LogP contribution is 2.61. The van der Waals surface area contributed by atoms with E-state index in [9.17, 15) is 4.79 Å². The number of carbonyl (C=O) groups is 1. The Balaban J connectivity index is 2.14. The maximum Gasteiger partial charge on any atom is 0.297 e. The molecule has 2 nitrogen and oxygen atoms in total. The summed E-state index contributed by atoms with van der Waals surface area (Å²) in [5.41, 5.74) is 3.43. The zero-order valence-electron chi connectivity index (χ0n) is 14.8. The van der Waals surface area contributed by atoms with E-state index in [1.165, 1.54) is 37.7 Å². The van der Waals surface area contributed by atoms with Crippen LogP contribution in [0.2, 0.25) is 0 Å². The average molecular weight is 304 g/mol. The highest BCUT2D eigenvalue weighted by molar-refractivity contribution is 5.38. The molecule has 0 aromatic carbocycles. The van der Waals surface area contributed by atoms with Crippen molar-refractivity contribution >= 4 is 6.47 Å². The van der Waals surface area contributed by atoms with Crippen molar-refractivity contribution < 1.29 is 9.53 Å². The molecular weight excluding hydrogens is 272 g/mol. The minimum absolute atomic E-state index is 0.392. The molecule has 0 spiro atoms. The number of ether oxygens (including phenoxy) is 1. The summed E-state index contributed by atoms with van der Waals surface area (Å²) in [7, 11) is 0. The fourth-order valence-electron chi connectivity index (χ4n) is 5.38. The molecule has 22 heavy (non-hydrogen) atoms. The monoisotopic (exact) mass is 304 g/mol. The summed E-state index contributed by atoms with van der Waals surface area (Å²) in [6, 6.07) is 0. The molecule has 0 saturated heterocycles. The van der Waals surface area contributed by atoms with Gasteiger partial charge in [0.1, 0.15) is 0 Å². The minimum Gasteiger partial charge on any atom is -0.437 e. The quantitative estimate of drug-likeness (QED) is 0.373. The van der Waals surface area contributed by atoms with Gasteiger partial charge in [-0.25, -0.2) is 0 Å². The first-order chi connectivity index (χ1) is 10.3. The molecule has 2 heteroatoms. The average Bonchev–Trinajstić information content (AvgIpc) is 2.43. The van der Waals surface area contributed by atoms with Crippen LogP contribution in [0.25, 0.3) is 0 Å². The van der Waals surface area contributed by atoms with Crippen LogP contribution < -0.4 is 0 Å². The maximum absolute atomic E-state index is 10.3. The van der Waals surface area contributed by atoms with Crippen LogP contribution >= 0.6 is 0 Å². The zero-order valence-corrected chi connectivity index (χ0v) is 14.8. The van der Waals surface area contributed by atoms with E-state index in [-0.39, 0.29) is 0 Å². The van der Waals surface area contributed by atoms with E-state index in [0.717, 1.165) is 24.3 Å². The molecule has 0 aliphatic heterocycles. The Morgan fingerprint density at radius 1 is 1.36 bits per heavy atom. The van der Waals surface area contributed by atoms with Gasteiger partial charge in [0, 0.05) is 0 Å². The molecule has 124 valence electrons. The molecule has 0 radical (unpaired) electrons. The second-order valence-corrected chi connectivity index (χ2v) is 8.39. The van der Waals surface area contributed by atoms with E-state index in [0.29, 0.717) is 23.2 Å². The summed E-state index contributed by atoms with van der Waals surface area (Å²) in [6.45, 7) is 14.4. The first-order valence-corrected chi connectivity index (χ1v) is 8.73. The largest absolute Gasteiger partial charge is 0.437 e. The van der Waals surface area contributed by atoms with Crippen molar-refractivity contribution in [3.05, 3.63) is 24.0 Å². The Hall–Kier alpha value is -1.05. The van der Waals surface area contributed by atoms with Crippen LogP contribution in [-0.2, 0) is 9.53 Å². The lowest BCUT2D eigenvalue weighted by Crippen LogP contribution is -2.49. The summed E-state index contributed by atoms with van der Waals surface area (Å²) in [5, 5.41) is 0. The van der Waals surface area contributed by atoms with Gasteiger partial charge in [-0.1, -0.05) is 39.3 Å². The van der Waals surface area contributed by atoms with Crippen LogP contribution in [0.3, 0.4) is 0 Å². The topological polar surface area (TPSA) is 26.3 Å². The van der Waals surface area contributed by atoms with Gasteiger partial charge in [0.05, 0.1) is 6.26 Å². The van der Waals surface area contributed by atoms with Crippen molar-refractivity contribution in [3.8, 4) is 0 Å². The summed E-state index contributed by atoms with van der Waals surface area (Å²) in [4.78, 5) is 10.3. The molecule has 0 bridgehead atoms. The highest BCUT2D eigenvalue weighted by atomic mass is 16.5. The zero-order chi connectivity index (χ0) is 16.4. The summed E-state index contributed by atoms with van der Waals surface area (Å²) in [5.74, 6) is 1.41. The predicted molar refractivity (Wildman–Crippen MR) is 91.2 cm³/mol. The van der Waals surface area contributed by atoms with E-state index >= 15 is 0 Å². The number of hydrogen-bond acceptors (Lipinski definition) is 2. The van der Waals surface area contributed by atoms with E-state index in [4.69, 9.17) is 4.74 Å². The normalized spacial score (nSPS) is 34.9. The van der Waals surface area contributed by atoms with Crippen molar-refractivity contribution in [1.29, 1.82) is 0 Å². The molecule has 0 aromatic heterocycles. The lowest BCUT2D eigenvalue weighted by Gasteiger charge is -2.58. The van der Waals surface area contributed by atoms with Gasteiger partial charge in [-0.05, 0) is 73.7 Å². The summed E-state index contributed by atoms with van der Waals surface area (Å²) < 4.78 is 4.76. The van der Waals surface area contributed by atoms with Crippen LogP contribution in [0.5, 0.6) is 0 Å². The molecule has 2 aliphatic carbocycles. The van der Waals surface area contributed by atoms with Gasteiger partial charge in [0.25, 0.3) is 6.47 Å². The van der Waals surface area contributed by atoms with Crippen LogP contribution in [0.1, 0.15) is 72.6 Å². The first-order valence-electron chi connectivity index (χ1n) is 8.73. The lowest BCUT2D eigenvalue weighted by atomic mass is 9.47. The Morgan fingerprint density at radius 3 is 2.77 bits per heavy atom. The molecule has 0 heterocycles. The number of carbonyl (C=O) groups excluding carboxylic acids is 1. The van der Waals surface area contributed by atoms with Crippen molar-refractivity contribution in [1.82, 2.24) is 0 Å². The van der Waals surface area contributed by atoms with E-state index in [2.05, 4.69) is 27.4 Å². The van der Waals surface area contributed by atoms with Gasteiger partial charge in [-0.15, -0.1) is 0 Å². The van der Waals surface area contributed by atoms with Crippen LogP contribution in [0, 0.1) is 22.7 Å². The standard InChI is InChI=1S/C20H32O2/c1-15(13-22-14-21)7-9-17-16(2)8-10-18-19(3,4)11-6-12-20(17,18)5/h13-14,17-18H,2,6-12H2,1,3-5H3/b15-13+. The van der Waals surface area contributed by atoms with E-state index < -0.39 is 0 Å². The van der Waals surface area contributed by atoms with Crippen molar-refractivity contribution in [2.75, 3.05) is 0 Å². The SMILES string of the molecule is C=C1CCC2C(C)(C)CCCC2(C)C1CC/C(C)=C/OC=O. The second kappa shape index (κ2) is 6.60. The summed E-state index contributed by atoms with van der Waals surface area (Å²) in [6.07, 6.45) is 10.2. The van der Waals surface area contributed by atoms with Gasteiger partial charge in [-0.3, -0.25) is 4.79 Å². The van der Waals surface area contributed by atoms with Crippen molar-refractivity contribution in [2.45, 2.75) is 72.6 Å². The van der Waals surface area contributed by atoms with Gasteiger partial charge in [0.2, 0.25) is 0 Å². The second-order valence-electron chi connectivity index (χ2n) is 8.39. The van der Waals surface area contributed by atoms with Gasteiger partial charge >= 0.3 is 0 Å². The molecule has 2 rings (SSSR count). The first kappa shape index (κ1) is 17.3. The predicted octanol–water partition coefficient (Wildman–Crippen LogP) is 5.64. The third kappa shape index (κ3) is 3.31. The van der Waals surface area contributed by atoms with Gasteiger partial charge < -0.3 is 4.74 Å². The van der Waals surface area contributed by atoms with E-state index in [1.807, 2.05) is 6.92 Å². The molecule has 2 fully saturated rings. The molecular formula is C20H32O2. The minimum atomic E-state index is 0.392. The van der Waals surface area contributed by atoms with Crippen LogP contribution in [-0.4, -0.2) is 6.47 Å². The number of fused-ring (bicyclic) bond motifs is 1. The Kier molecular flexibility index (Phi) is 5.19. The molecule has 2 aliphatic rings. The molecule has 3 atom stereocenters. The fraction of sp³-hybridized carbons (Fsp3) is 0.750. The Bertz CT molecular complexity index is 460. The smallest absolute Gasteiger partial charge is 0.297 e.